The molecule has 4 nitrogen and oxygen atoms in total. The highest BCUT2D eigenvalue weighted by molar-refractivity contribution is 5.89. The molecule has 1 aromatic rings. The highest BCUT2D eigenvalue weighted by Crippen LogP contribution is 2.14. The third-order valence-electron chi connectivity index (χ3n) is 2.83. The fourth-order valence-electron chi connectivity index (χ4n) is 1.87. The fourth-order valence-corrected chi connectivity index (χ4v) is 1.87. The molecule has 2 rings (SSSR count). The molecule has 1 aliphatic heterocycles. The molecule has 1 heterocycles. The molecule has 17 heavy (non-hydrogen) atoms. The van der Waals surface area contributed by atoms with Crippen LogP contribution in [0.15, 0.2) is 30.3 Å². The van der Waals surface area contributed by atoms with Gasteiger partial charge < -0.3 is 10.6 Å². The van der Waals surface area contributed by atoms with Crippen LogP contribution >= 0.6 is 0 Å². The van der Waals surface area contributed by atoms with Gasteiger partial charge in [-0.3, -0.25) is 0 Å². The minimum atomic E-state index is -0.692. The number of carbonyl (C=O) groups excluding carboxylic acids is 1. The number of carbonyl (C=O) groups is 1. The SMILES string of the molecule is O=C(NC1CCNCC1)N(F)c1ccccc1. The number of hydrogen-bond acceptors (Lipinski definition) is 2. The minimum Gasteiger partial charge on any atom is -0.333 e. The molecule has 2 amide bonds. The van der Waals surface area contributed by atoms with Crippen molar-refractivity contribution >= 4 is 11.7 Å². The van der Waals surface area contributed by atoms with E-state index in [-0.39, 0.29) is 16.9 Å². The Kier molecular flexibility index (Phi) is 3.93. The molecule has 0 bridgehead atoms. The van der Waals surface area contributed by atoms with E-state index in [4.69, 9.17) is 0 Å². The lowest BCUT2D eigenvalue weighted by atomic mass is 10.1. The molecule has 0 aromatic heterocycles. The summed E-state index contributed by atoms with van der Waals surface area (Å²) in [5, 5.41) is 6.03. The molecule has 2 N–H and O–H groups in total. The van der Waals surface area contributed by atoms with Gasteiger partial charge in [-0.2, -0.15) is 0 Å². The molecule has 0 spiro atoms. The normalized spacial score (nSPS) is 16.5. The van der Waals surface area contributed by atoms with E-state index in [0.717, 1.165) is 25.9 Å². The summed E-state index contributed by atoms with van der Waals surface area (Å²) < 4.78 is 13.7. The van der Waals surface area contributed by atoms with Crippen molar-refractivity contribution < 1.29 is 9.28 Å². The zero-order valence-electron chi connectivity index (χ0n) is 9.53. The van der Waals surface area contributed by atoms with E-state index >= 15 is 0 Å². The average molecular weight is 237 g/mol. The Bertz CT molecular complexity index is 365. The van der Waals surface area contributed by atoms with Crippen LogP contribution in [-0.2, 0) is 0 Å². The number of halogens is 1. The summed E-state index contributed by atoms with van der Waals surface area (Å²) in [7, 11) is 0. The molecular formula is C12H16FN3O. The Labute approximate surface area is 99.7 Å². The molecule has 0 unspecified atom stereocenters. The van der Waals surface area contributed by atoms with Crippen LogP contribution in [0.5, 0.6) is 0 Å². The Morgan fingerprint density at radius 3 is 2.59 bits per heavy atom. The van der Waals surface area contributed by atoms with Gasteiger partial charge in [-0.1, -0.05) is 22.7 Å². The van der Waals surface area contributed by atoms with E-state index in [1.54, 1.807) is 30.3 Å². The van der Waals surface area contributed by atoms with Gasteiger partial charge >= 0.3 is 6.03 Å². The summed E-state index contributed by atoms with van der Waals surface area (Å²) in [6.07, 6.45) is 1.68. The maximum Gasteiger partial charge on any atom is 0.350 e. The van der Waals surface area contributed by atoms with E-state index in [1.807, 2.05) is 0 Å². The molecule has 1 fully saturated rings. The predicted molar refractivity (Wildman–Crippen MR) is 64.5 cm³/mol. The first kappa shape index (κ1) is 11.9. The molecule has 1 aromatic carbocycles. The van der Waals surface area contributed by atoms with Gasteiger partial charge in [0.1, 0.15) is 0 Å². The summed E-state index contributed by atoms with van der Waals surface area (Å²) in [5.74, 6) is 0. The predicted octanol–water partition coefficient (Wildman–Crippen LogP) is 1.84. The van der Waals surface area contributed by atoms with Crippen LogP contribution in [0.2, 0.25) is 0 Å². The number of nitrogens with one attached hydrogen (secondary N) is 2. The molecule has 0 radical (unpaired) electrons. The number of benzene rings is 1. The standard InChI is InChI=1S/C12H16FN3O/c13-16(11-4-2-1-3-5-11)12(17)15-10-6-8-14-9-7-10/h1-5,10,14H,6-9H2,(H,15,17). The van der Waals surface area contributed by atoms with Crippen LogP contribution in [0, 0.1) is 0 Å². The highest BCUT2D eigenvalue weighted by Gasteiger charge is 2.20. The lowest BCUT2D eigenvalue weighted by Crippen LogP contribution is -2.46. The number of piperidine rings is 1. The maximum atomic E-state index is 13.7. The number of amides is 2. The lowest BCUT2D eigenvalue weighted by molar-refractivity contribution is 0.226. The molecule has 92 valence electrons. The van der Waals surface area contributed by atoms with E-state index < -0.39 is 6.03 Å². The molecule has 0 aliphatic carbocycles. The minimum absolute atomic E-state index is 0.0608. The first-order chi connectivity index (χ1) is 8.27. The molecule has 1 saturated heterocycles. The van der Waals surface area contributed by atoms with Gasteiger partial charge in [0.2, 0.25) is 0 Å². The van der Waals surface area contributed by atoms with Crippen LogP contribution < -0.4 is 15.8 Å². The number of para-hydroxylation sites is 1. The van der Waals surface area contributed by atoms with Crippen molar-refractivity contribution in [3.63, 3.8) is 0 Å². The first-order valence-electron chi connectivity index (χ1n) is 5.79. The van der Waals surface area contributed by atoms with Crippen molar-refractivity contribution in [3.05, 3.63) is 30.3 Å². The zero-order valence-corrected chi connectivity index (χ0v) is 9.53. The van der Waals surface area contributed by atoms with Crippen LogP contribution in [-0.4, -0.2) is 25.2 Å². The number of hydrogen-bond donors (Lipinski definition) is 2. The van der Waals surface area contributed by atoms with Gasteiger partial charge in [0.25, 0.3) is 0 Å². The number of rotatable bonds is 2. The summed E-state index contributed by atoms with van der Waals surface area (Å²) in [5.41, 5.74) is 0.249. The Morgan fingerprint density at radius 2 is 1.94 bits per heavy atom. The molecule has 0 saturated carbocycles. The van der Waals surface area contributed by atoms with Crippen molar-refractivity contribution in [2.45, 2.75) is 18.9 Å². The van der Waals surface area contributed by atoms with Gasteiger partial charge in [0.15, 0.2) is 0 Å². The Hall–Kier alpha value is -1.62. The monoisotopic (exact) mass is 237 g/mol. The third-order valence-corrected chi connectivity index (χ3v) is 2.83. The lowest BCUT2D eigenvalue weighted by Gasteiger charge is -2.24. The van der Waals surface area contributed by atoms with Gasteiger partial charge in [-0.25, -0.2) is 4.79 Å². The maximum absolute atomic E-state index is 13.7. The third kappa shape index (κ3) is 3.17. The highest BCUT2D eigenvalue weighted by atomic mass is 19.2. The van der Waals surface area contributed by atoms with Gasteiger partial charge in [-0.15, -0.1) is 5.12 Å². The van der Waals surface area contributed by atoms with E-state index in [9.17, 15) is 9.28 Å². The summed E-state index contributed by atoms with van der Waals surface area (Å²) in [4.78, 5) is 11.6. The smallest absolute Gasteiger partial charge is 0.333 e. The number of anilines is 1. The summed E-state index contributed by atoms with van der Waals surface area (Å²) in [6, 6.07) is 7.65. The molecule has 5 heteroatoms. The number of nitrogens with zero attached hydrogens (tertiary/aromatic N) is 1. The van der Waals surface area contributed by atoms with Crippen molar-refractivity contribution in [1.82, 2.24) is 10.6 Å². The second kappa shape index (κ2) is 5.63. The first-order valence-corrected chi connectivity index (χ1v) is 5.79. The second-order valence-electron chi connectivity index (χ2n) is 4.09. The van der Waals surface area contributed by atoms with Crippen molar-refractivity contribution in [3.8, 4) is 0 Å². The van der Waals surface area contributed by atoms with Crippen LogP contribution in [0.3, 0.4) is 0 Å². The van der Waals surface area contributed by atoms with Crippen LogP contribution in [0.1, 0.15) is 12.8 Å². The Morgan fingerprint density at radius 1 is 1.29 bits per heavy atom. The van der Waals surface area contributed by atoms with Gasteiger partial charge in [-0.05, 0) is 38.1 Å². The van der Waals surface area contributed by atoms with Gasteiger partial charge in [0.05, 0.1) is 5.69 Å². The van der Waals surface area contributed by atoms with E-state index in [1.165, 1.54) is 0 Å². The van der Waals surface area contributed by atoms with E-state index in [0.29, 0.717) is 0 Å². The van der Waals surface area contributed by atoms with Crippen molar-refractivity contribution in [1.29, 1.82) is 0 Å². The van der Waals surface area contributed by atoms with Crippen LogP contribution in [0.4, 0.5) is 15.0 Å². The summed E-state index contributed by atoms with van der Waals surface area (Å²) >= 11 is 0. The quantitative estimate of drug-likeness (QED) is 0.771. The molecular weight excluding hydrogens is 221 g/mol. The summed E-state index contributed by atoms with van der Waals surface area (Å²) in [6.45, 7) is 1.73. The van der Waals surface area contributed by atoms with Crippen LogP contribution in [0.25, 0.3) is 0 Å². The zero-order chi connectivity index (χ0) is 12.1. The number of urea groups is 1. The van der Waals surface area contributed by atoms with Gasteiger partial charge in [0, 0.05) is 6.04 Å². The van der Waals surface area contributed by atoms with Crippen molar-refractivity contribution in [2.75, 3.05) is 18.2 Å². The second-order valence-corrected chi connectivity index (χ2v) is 4.09. The molecule has 1 aliphatic rings. The Balaban J connectivity index is 1.91. The van der Waals surface area contributed by atoms with Crippen molar-refractivity contribution in [2.24, 2.45) is 0 Å². The topological polar surface area (TPSA) is 44.4 Å². The molecule has 0 atom stereocenters. The largest absolute Gasteiger partial charge is 0.350 e. The van der Waals surface area contributed by atoms with E-state index in [2.05, 4.69) is 10.6 Å². The average Bonchev–Trinajstić information content (AvgIpc) is 2.40. The fraction of sp³-hybridized carbons (Fsp3) is 0.417.